The number of hydrogen-bond donors (Lipinski definition) is 1. The SMILES string of the molecule is Cc1cc(S(=O)(=O)NCC2CCCCC2)ccc1C#N. The molecule has 1 N–H and O–H groups in total. The lowest BCUT2D eigenvalue weighted by molar-refractivity contribution is 0.357. The van der Waals surface area contributed by atoms with E-state index in [0.717, 1.165) is 12.8 Å². The van der Waals surface area contributed by atoms with Crippen LogP contribution in [0.15, 0.2) is 23.1 Å². The molecule has 1 fully saturated rings. The van der Waals surface area contributed by atoms with Gasteiger partial charge in [0.25, 0.3) is 0 Å². The van der Waals surface area contributed by atoms with E-state index in [2.05, 4.69) is 4.72 Å². The molecule has 0 unspecified atom stereocenters. The van der Waals surface area contributed by atoms with Gasteiger partial charge in [0.15, 0.2) is 0 Å². The highest BCUT2D eigenvalue weighted by molar-refractivity contribution is 7.89. The van der Waals surface area contributed by atoms with Gasteiger partial charge >= 0.3 is 0 Å². The van der Waals surface area contributed by atoms with E-state index in [9.17, 15) is 8.42 Å². The fraction of sp³-hybridized carbons (Fsp3) is 0.533. The van der Waals surface area contributed by atoms with Gasteiger partial charge in [-0.1, -0.05) is 19.3 Å². The normalized spacial score (nSPS) is 16.8. The van der Waals surface area contributed by atoms with Gasteiger partial charge in [-0.2, -0.15) is 5.26 Å². The van der Waals surface area contributed by atoms with E-state index in [0.29, 0.717) is 23.6 Å². The number of sulfonamides is 1. The molecule has 0 atom stereocenters. The Kier molecular flexibility index (Phi) is 4.79. The zero-order chi connectivity index (χ0) is 14.6. The van der Waals surface area contributed by atoms with Crippen LogP contribution in [-0.2, 0) is 10.0 Å². The van der Waals surface area contributed by atoms with Gasteiger partial charge in [0.1, 0.15) is 0 Å². The van der Waals surface area contributed by atoms with E-state index >= 15 is 0 Å². The van der Waals surface area contributed by atoms with E-state index in [4.69, 9.17) is 5.26 Å². The minimum atomic E-state index is -3.47. The molecule has 0 bridgehead atoms. The molecule has 0 aliphatic heterocycles. The van der Waals surface area contributed by atoms with Crippen molar-refractivity contribution in [3.05, 3.63) is 29.3 Å². The maximum absolute atomic E-state index is 12.2. The number of hydrogen-bond acceptors (Lipinski definition) is 3. The first kappa shape index (κ1) is 15.0. The maximum atomic E-state index is 12.2. The Morgan fingerprint density at radius 3 is 2.60 bits per heavy atom. The Morgan fingerprint density at radius 1 is 1.30 bits per heavy atom. The van der Waals surface area contributed by atoms with Gasteiger partial charge in [-0.25, -0.2) is 13.1 Å². The lowest BCUT2D eigenvalue weighted by Gasteiger charge is -2.21. The molecule has 108 valence electrons. The molecule has 20 heavy (non-hydrogen) atoms. The number of nitriles is 1. The van der Waals surface area contributed by atoms with Crippen molar-refractivity contribution in [2.75, 3.05) is 6.54 Å². The standard InChI is InChI=1S/C15H20N2O2S/c1-12-9-15(8-7-14(12)10-16)20(18,19)17-11-13-5-3-2-4-6-13/h7-9,13,17H,2-6,11H2,1H3. The monoisotopic (exact) mass is 292 g/mol. The van der Waals surface area contributed by atoms with Crippen LogP contribution in [0, 0.1) is 24.2 Å². The fourth-order valence-electron chi connectivity index (χ4n) is 2.63. The molecule has 1 saturated carbocycles. The highest BCUT2D eigenvalue weighted by Gasteiger charge is 2.19. The highest BCUT2D eigenvalue weighted by Crippen LogP contribution is 2.23. The first-order valence-corrected chi connectivity index (χ1v) is 8.51. The van der Waals surface area contributed by atoms with E-state index in [1.807, 2.05) is 6.07 Å². The summed E-state index contributed by atoms with van der Waals surface area (Å²) >= 11 is 0. The molecule has 0 saturated heterocycles. The van der Waals surface area contributed by atoms with Crippen molar-refractivity contribution in [2.45, 2.75) is 43.9 Å². The zero-order valence-electron chi connectivity index (χ0n) is 11.7. The van der Waals surface area contributed by atoms with Gasteiger partial charge in [-0.3, -0.25) is 0 Å². The Bertz CT molecular complexity index is 611. The third kappa shape index (κ3) is 3.59. The van der Waals surface area contributed by atoms with Crippen molar-refractivity contribution in [1.82, 2.24) is 4.72 Å². The quantitative estimate of drug-likeness (QED) is 0.927. The molecule has 1 aromatic rings. The second-order valence-corrected chi connectivity index (χ2v) is 7.21. The van der Waals surface area contributed by atoms with Gasteiger partial charge < -0.3 is 0 Å². The van der Waals surface area contributed by atoms with Crippen molar-refractivity contribution >= 4 is 10.0 Å². The fourth-order valence-corrected chi connectivity index (χ4v) is 3.83. The largest absolute Gasteiger partial charge is 0.240 e. The summed E-state index contributed by atoms with van der Waals surface area (Å²) in [4.78, 5) is 0.241. The third-order valence-electron chi connectivity index (χ3n) is 3.92. The number of nitrogens with one attached hydrogen (secondary N) is 1. The van der Waals surface area contributed by atoms with Crippen molar-refractivity contribution < 1.29 is 8.42 Å². The van der Waals surface area contributed by atoms with Crippen LogP contribution in [0.4, 0.5) is 0 Å². The summed E-state index contributed by atoms with van der Waals surface area (Å²) in [5.74, 6) is 0.456. The topological polar surface area (TPSA) is 70.0 Å². The Hall–Kier alpha value is -1.38. The molecule has 1 aliphatic carbocycles. The predicted octanol–water partition coefficient (Wildman–Crippen LogP) is 2.73. The lowest BCUT2D eigenvalue weighted by Crippen LogP contribution is -2.30. The molecular formula is C15H20N2O2S. The van der Waals surface area contributed by atoms with Crippen LogP contribution in [0.3, 0.4) is 0 Å². The van der Waals surface area contributed by atoms with Crippen molar-refractivity contribution in [2.24, 2.45) is 5.92 Å². The second kappa shape index (κ2) is 6.38. The van der Waals surface area contributed by atoms with E-state index in [-0.39, 0.29) is 4.90 Å². The molecule has 1 aromatic carbocycles. The molecule has 0 amide bonds. The molecule has 0 spiro atoms. The molecule has 0 aromatic heterocycles. The van der Waals surface area contributed by atoms with E-state index < -0.39 is 10.0 Å². The molecular weight excluding hydrogens is 272 g/mol. The second-order valence-electron chi connectivity index (χ2n) is 5.44. The summed E-state index contributed by atoms with van der Waals surface area (Å²) in [5, 5.41) is 8.87. The number of aryl methyl sites for hydroxylation is 1. The van der Waals surface area contributed by atoms with Crippen molar-refractivity contribution in [3.63, 3.8) is 0 Å². The predicted molar refractivity (Wildman–Crippen MR) is 77.7 cm³/mol. The van der Waals surface area contributed by atoms with Crippen LogP contribution in [0.1, 0.15) is 43.2 Å². The molecule has 1 aliphatic rings. The third-order valence-corrected chi connectivity index (χ3v) is 5.34. The Labute approximate surface area is 120 Å². The molecule has 5 heteroatoms. The first-order valence-electron chi connectivity index (χ1n) is 7.03. The zero-order valence-corrected chi connectivity index (χ0v) is 12.5. The molecule has 0 heterocycles. The summed E-state index contributed by atoms with van der Waals surface area (Å²) in [6, 6.07) is 6.65. The minimum absolute atomic E-state index is 0.241. The van der Waals surface area contributed by atoms with Gasteiger partial charge in [0, 0.05) is 6.54 Å². The summed E-state index contributed by atoms with van der Waals surface area (Å²) < 4.78 is 27.2. The average molecular weight is 292 g/mol. The number of nitrogens with zero attached hydrogens (tertiary/aromatic N) is 1. The van der Waals surface area contributed by atoms with Crippen molar-refractivity contribution in [3.8, 4) is 6.07 Å². The Morgan fingerprint density at radius 2 is 2.00 bits per heavy atom. The van der Waals surface area contributed by atoms with Gasteiger partial charge in [0.05, 0.1) is 16.5 Å². The van der Waals surface area contributed by atoms with Crippen LogP contribution in [0.25, 0.3) is 0 Å². The Balaban J connectivity index is 2.06. The summed E-state index contributed by atoms with van der Waals surface area (Å²) in [7, 11) is -3.47. The summed E-state index contributed by atoms with van der Waals surface area (Å²) in [5.41, 5.74) is 1.20. The summed E-state index contributed by atoms with van der Waals surface area (Å²) in [6.45, 7) is 2.26. The van der Waals surface area contributed by atoms with Gasteiger partial charge in [-0.15, -0.1) is 0 Å². The van der Waals surface area contributed by atoms with Gasteiger partial charge in [-0.05, 0) is 49.4 Å². The average Bonchev–Trinajstić information content (AvgIpc) is 2.46. The van der Waals surface area contributed by atoms with Gasteiger partial charge in [0.2, 0.25) is 10.0 Å². The summed E-state index contributed by atoms with van der Waals surface area (Å²) in [6.07, 6.45) is 5.87. The van der Waals surface area contributed by atoms with E-state index in [1.54, 1.807) is 19.1 Å². The van der Waals surface area contributed by atoms with Crippen LogP contribution < -0.4 is 4.72 Å². The first-order chi connectivity index (χ1) is 9.53. The number of benzene rings is 1. The maximum Gasteiger partial charge on any atom is 0.240 e. The smallest absolute Gasteiger partial charge is 0.211 e. The van der Waals surface area contributed by atoms with Crippen LogP contribution in [0.5, 0.6) is 0 Å². The van der Waals surface area contributed by atoms with E-state index in [1.165, 1.54) is 25.3 Å². The highest BCUT2D eigenvalue weighted by atomic mass is 32.2. The van der Waals surface area contributed by atoms with Crippen molar-refractivity contribution in [1.29, 1.82) is 5.26 Å². The van der Waals surface area contributed by atoms with Crippen LogP contribution >= 0.6 is 0 Å². The molecule has 4 nitrogen and oxygen atoms in total. The molecule has 0 radical (unpaired) electrons. The lowest BCUT2D eigenvalue weighted by atomic mass is 9.90. The molecule has 2 rings (SSSR count). The van der Waals surface area contributed by atoms with Crippen LogP contribution in [-0.4, -0.2) is 15.0 Å². The number of rotatable bonds is 4. The minimum Gasteiger partial charge on any atom is -0.211 e. The van der Waals surface area contributed by atoms with Crippen LogP contribution in [0.2, 0.25) is 0 Å².